The van der Waals surface area contributed by atoms with E-state index in [2.05, 4.69) is 30.4 Å². The van der Waals surface area contributed by atoms with Gasteiger partial charge in [-0.3, -0.25) is 0 Å². The molecule has 0 fully saturated rings. The summed E-state index contributed by atoms with van der Waals surface area (Å²) in [5.41, 5.74) is 3.36. The van der Waals surface area contributed by atoms with Gasteiger partial charge in [-0.2, -0.15) is 0 Å². The molecule has 1 heterocycles. The molecule has 0 saturated heterocycles. The van der Waals surface area contributed by atoms with Crippen LogP contribution in [0.2, 0.25) is 10.0 Å². The normalized spacial score (nSPS) is 14.6. The van der Waals surface area contributed by atoms with Crippen LogP contribution in [0.1, 0.15) is 29.7 Å². The number of hydrogen-bond donors (Lipinski definition) is 1. The first-order valence-electron chi connectivity index (χ1n) is 7.13. The standard InChI is InChI=1S/C17H17Cl2NO/c1-2-20-16(14-10-12(18)6-7-15(14)19)13-5-3-4-11-8-9-21-17(11)13/h3-7,10,16,20H,2,8-9H2,1H3. The summed E-state index contributed by atoms with van der Waals surface area (Å²) >= 11 is 12.5. The van der Waals surface area contributed by atoms with Crippen molar-refractivity contribution in [1.82, 2.24) is 5.32 Å². The van der Waals surface area contributed by atoms with Crippen molar-refractivity contribution in [2.45, 2.75) is 19.4 Å². The van der Waals surface area contributed by atoms with Crippen molar-refractivity contribution in [2.24, 2.45) is 0 Å². The second-order valence-corrected chi connectivity index (χ2v) is 5.93. The van der Waals surface area contributed by atoms with E-state index in [0.717, 1.165) is 36.4 Å². The molecule has 1 atom stereocenters. The van der Waals surface area contributed by atoms with E-state index in [9.17, 15) is 0 Å². The molecule has 2 aromatic carbocycles. The summed E-state index contributed by atoms with van der Waals surface area (Å²) in [6.07, 6.45) is 0.964. The van der Waals surface area contributed by atoms with Crippen molar-refractivity contribution < 1.29 is 4.74 Å². The molecule has 0 radical (unpaired) electrons. The highest BCUT2D eigenvalue weighted by molar-refractivity contribution is 6.33. The number of ether oxygens (including phenoxy) is 1. The molecule has 1 unspecified atom stereocenters. The highest BCUT2D eigenvalue weighted by Gasteiger charge is 2.24. The quantitative estimate of drug-likeness (QED) is 0.886. The minimum atomic E-state index is -0.0192. The van der Waals surface area contributed by atoms with Crippen molar-refractivity contribution in [3.8, 4) is 5.75 Å². The Kier molecular flexibility index (Phi) is 4.39. The Labute approximate surface area is 135 Å². The van der Waals surface area contributed by atoms with Crippen LogP contribution in [0.3, 0.4) is 0 Å². The van der Waals surface area contributed by atoms with E-state index in [0.29, 0.717) is 10.0 Å². The Morgan fingerprint density at radius 3 is 2.86 bits per heavy atom. The van der Waals surface area contributed by atoms with Crippen molar-refractivity contribution in [3.05, 3.63) is 63.1 Å². The van der Waals surface area contributed by atoms with Gasteiger partial charge in [0.15, 0.2) is 0 Å². The number of nitrogens with one attached hydrogen (secondary N) is 1. The van der Waals surface area contributed by atoms with Crippen molar-refractivity contribution >= 4 is 23.2 Å². The van der Waals surface area contributed by atoms with Crippen molar-refractivity contribution in [2.75, 3.05) is 13.2 Å². The summed E-state index contributed by atoms with van der Waals surface area (Å²) in [4.78, 5) is 0. The van der Waals surface area contributed by atoms with Crippen LogP contribution < -0.4 is 10.1 Å². The molecule has 0 aromatic heterocycles. The van der Waals surface area contributed by atoms with E-state index in [1.807, 2.05) is 18.2 Å². The smallest absolute Gasteiger partial charge is 0.127 e. The van der Waals surface area contributed by atoms with Gasteiger partial charge in [0.2, 0.25) is 0 Å². The molecular weight excluding hydrogens is 305 g/mol. The number of halogens is 2. The summed E-state index contributed by atoms with van der Waals surface area (Å²) in [6.45, 7) is 3.65. The zero-order valence-corrected chi connectivity index (χ0v) is 13.3. The molecule has 1 N–H and O–H groups in total. The number of fused-ring (bicyclic) bond motifs is 1. The zero-order valence-electron chi connectivity index (χ0n) is 11.8. The highest BCUT2D eigenvalue weighted by atomic mass is 35.5. The predicted molar refractivity (Wildman–Crippen MR) is 87.6 cm³/mol. The fraction of sp³-hybridized carbons (Fsp3) is 0.294. The van der Waals surface area contributed by atoms with Crippen LogP contribution in [-0.2, 0) is 6.42 Å². The van der Waals surface area contributed by atoms with Crippen LogP contribution in [0, 0.1) is 0 Å². The van der Waals surface area contributed by atoms with Gasteiger partial charge in [0.25, 0.3) is 0 Å². The van der Waals surface area contributed by atoms with Gasteiger partial charge in [0.05, 0.1) is 12.6 Å². The van der Waals surface area contributed by atoms with Crippen LogP contribution in [-0.4, -0.2) is 13.2 Å². The fourth-order valence-electron chi connectivity index (χ4n) is 2.80. The highest BCUT2D eigenvalue weighted by Crippen LogP contribution is 2.38. The minimum Gasteiger partial charge on any atom is -0.493 e. The van der Waals surface area contributed by atoms with E-state index in [1.165, 1.54) is 5.56 Å². The Bertz CT molecular complexity index is 657. The van der Waals surface area contributed by atoms with Crippen LogP contribution in [0.15, 0.2) is 36.4 Å². The number of rotatable bonds is 4. The van der Waals surface area contributed by atoms with E-state index < -0.39 is 0 Å². The second kappa shape index (κ2) is 6.27. The topological polar surface area (TPSA) is 21.3 Å². The van der Waals surface area contributed by atoms with Crippen LogP contribution >= 0.6 is 23.2 Å². The summed E-state index contributed by atoms with van der Waals surface area (Å²) < 4.78 is 5.83. The van der Waals surface area contributed by atoms with Crippen LogP contribution in [0.4, 0.5) is 0 Å². The Morgan fingerprint density at radius 1 is 1.19 bits per heavy atom. The summed E-state index contributed by atoms with van der Waals surface area (Å²) in [7, 11) is 0. The van der Waals surface area contributed by atoms with Gasteiger partial charge in [-0.25, -0.2) is 0 Å². The third-order valence-corrected chi connectivity index (χ3v) is 4.31. The first-order valence-corrected chi connectivity index (χ1v) is 7.89. The minimum absolute atomic E-state index is 0.0192. The van der Waals surface area contributed by atoms with Gasteiger partial charge in [-0.15, -0.1) is 0 Å². The molecule has 1 aliphatic rings. The monoisotopic (exact) mass is 321 g/mol. The molecule has 0 amide bonds. The van der Waals surface area contributed by atoms with Gasteiger partial charge >= 0.3 is 0 Å². The first kappa shape index (κ1) is 14.7. The van der Waals surface area contributed by atoms with E-state index in [-0.39, 0.29) is 6.04 Å². The largest absolute Gasteiger partial charge is 0.493 e. The average Bonchev–Trinajstić information content (AvgIpc) is 2.96. The Balaban J connectivity index is 2.10. The molecule has 2 aromatic rings. The van der Waals surface area contributed by atoms with E-state index in [4.69, 9.17) is 27.9 Å². The second-order valence-electron chi connectivity index (χ2n) is 5.09. The number of benzene rings is 2. The van der Waals surface area contributed by atoms with E-state index >= 15 is 0 Å². The van der Waals surface area contributed by atoms with Crippen LogP contribution in [0.25, 0.3) is 0 Å². The average molecular weight is 322 g/mol. The lowest BCUT2D eigenvalue weighted by Crippen LogP contribution is -2.22. The van der Waals surface area contributed by atoms with Gasteiger partial charge in [-0.05, 0) is 35.9 Å². The molecule has 110 valence electrons. The number of para-hydroxylation sites is 1. The van der Waals surface area contributed by atoms with E-state index in [1.54, 1.807) is 0 Å². The molecule has 0 aliphatic carbocycles. The maximum Gasteiger partial charge on any atom is 0.127 e. The molecule has 3 rings (SSSR count). The Hall–Kier alpha value is -1.22. The predicted octanol–water partition coefficient (Wildman–Crippen LogP) is 4.63. The van der Waals surface area contributed by atoms with Gasteiger partial charge in [0.1, 0.15) is 5.75 Å². The van der Waals surface area contributed by atoms with Crippen molar-refractivity contribution in [3.63, 3.8) is 0 Å². The molecule has 1 aliphatic heterocycles. The molecule has 2 nitrogen and oxygen atoms in total. The maximum atomic E-state index is 6.39. The van der Waals surface area contributed by atoms with Gasteiger partial charge in [-0.1, -0.05) is 48.3 Å². The molecule has 0 bridgehead atoms. The zero-order chi connectivity index (χ0) is 14.8. The molecular formula is C17H17Cl2NO. The van der Waals surface area contributed by atoms with Gasteiger partial charge < -0.3 is 10.1 Å². The molecule has 0 spiro atoms. The maximum absolute atomic E-state index is 6.39. The summed E-state index contributed by atoms with van der Waals surface area (Å²) in [5, 5.41) is 4.89. The third kappa shape index (κ3) is 2.89. The fourth-order valence-corrected chi connectivity index (χ4v) is 3.20. The third-order valence-electron chi connectivity index (χ3n) is 3.73. The lowest BCUT2D eigenvalue weighted by Gasteiger charge is -2.22. The number of hydrogen-bond acceptors (Lipinski definition) is 2. The lowest BCUT2D eigenvalue weighted by molar-refractivity contribution is 0.350. The van der Waals surface area contributed by atoms with Gasteiger partial charge in [0, 0.05) is 22.0 Å². The SMILES string of the molecule is CCNC(c1cc(Cl)ccc1Cl)c1cccc2c1OCC2. The lowest BCUT2D eigenvalue weighted by atomic mass is 9.95. The molecule has 0 saturated carbocycles. The molecule has 21 heavy (non-hydrogen) atoms. The first-order chi connectivity index (χ1) is 10.2. The summed E-state index contributed by atoms with van der Waals surface area (Å²) in [6, 6.07) is 11.8. The van der Waals surface area contributed by atoms with Crippen molar-refractivity contribution in [1.29, 1.82) is 0 Å². The Morgan fingerprint density at radius 2 is 2.05 bits per heavy atom. The summed E-state index contributed by atoms with van der Waals surface area (Å²) in [5.74, 6) is 0.986. The van der Waals surface area contributed by atoms with Crippen LogP contribution in [0.5, 0.6) is 5.75 Å². The molecule has 4 heteroatoms.